The van der Waals surface area contributed by atoms with Gasteiger partial charge in [-0.3, -0.25) is 0 Å². The van der Waals surface area contributed by atoms with Gasteiger partial charge in [0.25, 0.3) is 0 Å². The van der Waals surface area contributed by atoms with Crippen LogP contribution in [0.5, 0.6) is 5.75 Å². The Morgan fingerprint density at radius 3 is 2.60 bits per heavy atom. The summed E-state index contributed by atoms with van der Waals surface area (Å²) in [5, 5.41) is 0. The fraction of sp³-hybridized carbons (Fsp3) is 0.333. The van der Waals surface area contributed by atoms with E-state index in [1.54, 1.807) is 0 Å². The molecular weight excluding hydrogens is 246 g/mol. The second-order valence-electron chi connectivity index (χ2n) is 5.41. The van der Waals surface area contributed by atoms with Crippen molar-refractivity contribution in [2.45, 2.75) is 32.2 Å². The molecule has 104 valence electrons. The first-order chi connectivity index (χ1) is 9.78. The molecule has 0 bridgehead atoms. The van der Waals surface area contributed by atoms with Gasteiger partial charge in [-0.1, -0.05) is 37.3 Å². The third-order valence-corrected chi connectivity index (χ3v) is 4.02. The summed E-state index contributed by atoms with van der Waals surface area (Å²) in [6.07, 6.45) is 3.19. The first-order valence-electron chi connectivity index (χ1n) is 7.39. The molecule has 0 aliphatic carbocycles. The van der Waals surface area contributed by atoms with E-state index < -0.39 is 0 Å². The molecule has 20 heavy (non-hydrogen) atoms. The van der Waals surface area contributed by atoms with E-state index in [2.05, 4.69) is 49.4 Å². The van der Waals surface area contributed by atoms with Crippen LogP contribution in [-0.2, 0) is 6.42 Å². The third kappa shape index (κ3) is 2.56. The SMILES string of the molecule is CCC(N)c1ccc(-c2ccc3c(c2)CCCO3)cc1. The number of nitrogens with two attached hydrogens (primary N) is 1. The third-order valence-electron chi connectivity index (χ3n) is 4.02. The van der Waals surface area contributed by atoms with Crippen molar-refractivity contribution in [2.24, 2.45) is 5.73 Å². The van der Waals surface area contributed by atoms with Crippen molar-refractivity contribution in [3.05, 3.63) is 53.6 Å². The molecule has 0 radical (unpaired) electrons. The lowest BCUT2D eigenvalue weighted by atomic mass is 9.97. The minimum atomic E-state index is 0.140. The molecule has 2 aromatic carbocycles. The molecule has 2 aromatic rings. The molecule has 1 unspecified atom stereocenters. The molecule has 3 rings (SSSR count). The molecule has 0 amide bonds. The van der Waals surface area contributed by atoms with Crippen molar-refractivity contribution in [1.29, 1.82) is 0 Å². The summed E-state index contributed by atoms with van der Waals surface area (Å²) in [7, 11) is 0. The van der Waals surface area contributed by atoms with Crippen LogP contribution in [0, 0.1) is 0 Å². The Morgan fingerprint density at radius 1 is 1.10 bits per heavy atom. The van der Waals surface area contributed by atoms with Gasteiger partial charge in [-0.25, -0.2) is 0 Å². The van der Waals surface area contributed by atoms with Gasteiger partial charge in [0.1, 0.15) is 5.75 Å². The van der Waals surface area contributed by atoms with Crippen molar-refractivity contribution in [3.63, 3.8) is 0 Å². The number of aryl methyl sites for hydroxylation is 1. The highest BCUT2D eigenvalue weighted by atomic mass is 16.5. The number of rotatable bonds is 3. The summed E-state index contributed by atoms with van der Waals surface area (Å²) in [6.45, 7) is 2.96. The average molecular weight is 267 g/mol. The van der Waals surface area contributed by atoms with Crippen LogP contribution in [0.2, 0.25) is 0 Å². The Labute approximate surface area is 120 Å². The standard InChI is InChI=1S/C18H21NO/c1-2-17(19)14-7-5-13(6-8-14)15-9-10-18-16(12-15)4-3-11-20-18/h5-10,12,17H,2-4,11,19H2,1H3. The lowest BCUT2D eigenvalue weighted by Gasteiger charge is -2.18. The van der Waals surface area contributed by atoms with E-state index in [0.717, 1.165) is 31.6 Å². The highest BCUT2D eigenvalue weighted by Crippen LogP contribution is 2.30. The molecule has 0 spiro atoms. The number of benzene rings is 2. The molecular formula is C18H21NO. The van der Waals surface area contributed by atoms with E-state index in [9.17, 15) is 0 Å². The first kappa shape index (κ1) is 13.2. The molecule has 0 aromatic heterocycles. The molecule has 0 saturated carbocycles. The van der Waals surface area contributed by atoms with E-state index in [0.29, 0.717) is 0 Å². The highest BCUT2D eigenvalue weighted by Gasteiger charge is 2.11. The zero-order chi connectivity index (χ0) is 13.9. The van der Waals surface area contributed by atoms with E-state index >= 15 is 0 Å². The zero-order valence-corrected chi connectivity index (χ0v) is 11.9. The van der Waals surface area contributed by atoms with E-state index in [-0.39, 0.29) is 6.04 Å². The van der Waals surface area contributed by atoms with Crippen molar-refractivity contribution in [1.82, 2.24) is 0 Å². The lowest BCUT2D eigenvalue weighted by Crippen LogP contribution is -2.08. The maximum absolute atomic E-state index is 6.06. The predicted molar refractivity (Wildman–Crippen MR) is 82.9 cm³/mol. The van der Waals surface area contributed by atoms with E-state index in [4.69, 9.17) is 10.5 Å². The van der Waals surface area contributed by atoms with Crippen LogP contribution in [0.3, 0.4) is 0 Å². The predicted octanol–water partition coefficient (Wildman–Crippen LogP) is 4.09. The minimum Gasteiger partial charge on any atom is -0.493 e. The fourth-order valence-corrected chi connectivity index (χ4v) is 2.70. The van der Waals surface area contributed by atoms with E-state index in [1.807, 2.05) is 0 Å². The number of hydrogen-bond acceptors (Lipinski definition) is 2. The largest absolute Gasteiger partial charge is 0.493 e. The second-order valence-corrected chi connectivity index (χ2v) is 5.41. The minimum absolute atomic E-state index is 0.140. The molecule has 0 fully saturated rings. The number of hydrogen-bond donors (Lipinski definition) is 1. The van der Waals surface area contributed by atoms with Gasteiger partial charge in [0, 0.05) is 6.04 Å². The number of ether oxygens (including phenoxy) is 1. The van der Waals surface area contributed by atoms with Crippen LogP contribution >= 0.6 is 0 Å². The summed E-state index contributed by atoms with van der Waals surface area (Å²) in [5.74, 6) is 1.05. The molecule has 2 N–H and O–H groups in total. The van der Waals surface area contributed by atoms with Gasteiger partial charge in [-0.15, -0.1) is 0 Å². The Hall–Kier alpha value is -1.80. The van der Waals surface area contributed by atoms with Gasteiger partial charge in [-0.2, -0.15) is 0 Å². The molecule has 1 aliphatic heterocycles. The topological polar surface area (TPSA) is 35.2 Å². The van der Waals surface area contributed by atoms with Gasteiger partial charge in [0.2, 0.25) is 0 Å². The van der Waals surface area contributed by atoms with E-state index in [1.165, 1.54) is 22.3 Å². The van der Waals surface area contributed by atoms with Crippen LogP contribution in [0.25, 0.3) is 11.1 Å². The quantitative estimate of drug-likeness (QED) is 0.909. The van der Waals surface area contributed by atoms with Gasteiger partial charge in [-0.05, 0) is 53.6 Å². The van der Waals surface area contributed by atoms with Crippen LogP contribution in [0.4, 0.5) is 0 Å². The Morgan fingerprint density at radius 2 is 1.85 bits per heavy atom. The smallest absolute Gasteiger partial charge is 0.122 e. The van der Waals surface area contributed by atoms with Gasteiger partial charge >= 0.3 is 0 Å². The summed E-state index contributed by atoms with van der Waals surface area (Å²) < 4.78 is 5.66. The maximum Gasteiger partial charge on any atom is 0.122 e. The number of fused-ring (bicyclic) bond motifs is 1. The van der Waals surface area contributed by atoms with Crippen molar-refractivity contribution in [3.8, 4) is 16.9 Å². The summed E-state index contributed by atoms with van der Waals surface area (Å²) in [6, 6.07) is 15.2. The fourth-order valence-electron chi connectivity index (χ4n) is 2.70. The summed E-state index contributed by atoms with van der Waals surface area (Å²) >= 11 is 0. The summed E-state index contributed by atoms with van der Waals surface area (Å²) in [4.78, 5) is 0. The molecule has 1 heterocycles. The van der Waals surface area contributed by atoms with Gasteiger partial charge < -0.3 is 10.5 Å². The zero-order valence-electron chi connectivity index (χ0n) is 11.9. The van der Waals surface area contributed by atoms with Crippen LogP contribution < -0.4 is 10.5 Å². The first-order valence-corrected chi connectivity index (χ1v) is 7.39. The van der Waals surface area contributed by atoms with Crippen LogP contribution in [0.1, 0.15) is 36.9 Å². The average Bonchev–Trinajstić information content (AvgIpc) is 2.54. The second kappa shape index (κ2) is 5.68. The molecule has 2 heteroatoms. The van der Waals surface area contributed by atoms with Crippen molar-refractivity contribution >= 4 is 0 Å². The van der Waals surface area contributed by atoms with Crippen LogP contribution in [0.15, 0.2) is 42.5 Å². The van der Waals surface area contributed by atoms with Gasteiger partial charge in [0.15, 0.2) is 0 Å². The normalized spacial score (nSPS) is 15.3. The Balaban J connectivity index is 1.89. The lowest BCUT2D eigenvalue weighted by molar-refractivity contribution is 0.288. The summed E-state index contributed by atoms with van der Waals surface area (Å²) in [5.41, 5.74) is 11.1. The highest BCUT2D eigenvalue weighted by molar-refractivity contribution is 5.66. The molecule has 2 nitrogen and oxygen atoms in total. The molecule has 0 saturated heterocycles. The van der Waals surface area contributed by atoms with Gasteiger partial charge in [0.05, 0.1) is 6.61 Å². The molecule has 1 atom stereocenters. The molecule has 1 aliphatic rings. The Kier molecular flexibility index (Phi) is 3.75. The monoisotopic (exact) mass is 267 g/mol. The van der Waals surface area contributed by atoms with Crippen LogP contribution in [-0.4, -0.2) is 6.61 Å². The Bertz CT molecular complexity index is 589. The maximum atomic E-state index is 6.06. The van der Waals surface area contributed by atoms with Crippen molar-refractivity contribution in [2.75, 3.05) is 6.61 Å². The van der Waals surface area contributed by atoms with Crippen molar-refractivity contribution < 1.29 is 4.74 Å².